The lowest BCUT2D eigenvalue weighted by Crippen LogP contribution is -2.52. The van der Waals surface area contributed by atoms with Crippen molar-refractivity contribution >= 4 is 0 Å². The van der Waals surface area contributed by atoms with Crippen LogP contribution in [0.25, 0.3) is 0 Å². The summed E-state index contributed by atoms with van der Waals surface area (Å²) in [4.78, 5) is 11.6. The van der Waals surface area contributed by atoms with Gasteiger partial charge in [0.2, 0.25) is 0 Å². The van der Waals surface area contributed by atoms with E-state index >= 15 is 0 Å². The van der Waals surface area contributed by atoms with Crippen LogP contribution in [0.2, 0.25) is 0 Å². The zero-order valence-electron chi connectivity index (χ0n) is 14.1. The summed E-state index contributed by atoms with van der Waals surface area (Å²) in [5.74, 6) is 4.94. The molecule has 4 aliphatic carbocycles. The molecule has 2 heterocycles. The van der Waals surface area contributed by atoms with Gasteiger partial charge in [0.05, 0.1) is 6.61 Å². The van der Waals surface area contributed by atoms with Crippen molar-refractivity contribution < 1.29 is 14.5 Å². The van der Waals surface area contributed by atoms with E-state index in [4.69, 9.17) is 14.5 Å². The Morgan fingerprint density at radius 1 is 0.955 bits per heavy atom. The van der Waals surface area contributed by atoms with Gasteiger partial charge in [-0.3, -0.25) is 0 Å². The Labute approximate surface area is 134 Å². The van der Waals surface area contributed by atoms with E-state index in [0.717, 1.165) is 49.0 Å². The molecule has 0 spiro atoms. The Balaban J connectivity index is 1.33. The quantitative estimate of drug-likeness (QED) is 0.711. The third-order valence-electron chi connectivity index (χ3n) is 7.72. The van der Waals surface area contributed by atoms with Crippen molar-refractivity contribution in [2.75, 3.05) is 6.61 Å². The van der Waals surface area contributed by atoms with Gasteiger partial charge >= 0.3 is 0 Å². The second kappa shape index (κ2) is 4.70. The molecule has 0 radical (unpaired) electrons. The standard InChI is InChI=1S/C19H30O3/c1-18-3-4-20-17(18)21-22-19(2,11-18)10-16-14-6-12-5-13(8-14)9-15(16)7-12/h12-17H,3-11H2,1-2H3/t12?,13?,14?,15?,16?,17-,18+,19?/m1/s1. The summed E-state index contributed by atoms with van der Waals surface area (Å²) in [5, 5.41) is 0. The highest BCUT2D eigenvalue weighted by Gasteiger charge is 2.55. The zero-order valence-corrected chi connectivity index (χ0v) is 14.1. The average Bonchev–Trinajstić information content (AvgIpc) is 2.82. The monoisotopic (exact) mass is 306 g/mol. The van der Waals surface area contributed by atoms with Crippen LogP contribution < -0.4 is 0 Å². The summed E-state index contributed by atoms with van der Waals surface area (Å²) in [6.07, 6.45) is 10.8. The number of rotatable bonds is 2. The van der Waals surface area contributed by atoms with Gasteiger partial charge in [-0.1, -0.05) is 6.92 Å². The van der Waals surface area contributed by atoms with Gasteiger partial charge in [-0.2, -0.15) is 0 Å². The first-order chi connectivity index (χ1) is 10.5. The van der Waals surface area contributed by atoms with Crippen LogP contribution in [-0.4, -0.2) is 18.5 Å². The fraction of sp³-hybridized carbons (Fsp3) is 1.00. The first-order valence-corrected chi connectivity index (χ1v) is 9.49. The minimum absolute atomic E-state index is 0.112. The fourth-order valence-corrected chi connectivity index (χ4v) is 7.05. The molecular formula is C19H30O3. The van der Waals surface area contributed by atoms with Gasteiger partial charge in [-0.25, -0.2) is 9.78 Å². The van der Waals surface area contributed by atoms with Gasteiger partial charge in [0.15, 0.2) is 6.29 Å². The number of ether oxygens (including phenoxy) is 1. The summed E-state index contributed by atoms with van der Waals surface area (Å²) < 4.78 is 5.69. The molecule has 0 aromatic heterocycles. The second-order valence-corrected chi connectivity index (χ2v) is 9.71. The first kappa shape index (κ1) is 14.2. The number of fused-ring (bicyclic) bond motifs is 1. The Morgan fingerprint density at radius 2 is 1.64 bits per heavy atom. The number of hydrogen-bond donors (Lipinski definition) is 0. The molecule has 0 N–H and O–H groups in total. The third-order valence-corrected chi connectivity index (χ3v) is 7.72. The molecule has 0 aromatic rings. The molecule has 2 saturated heterocycles. The molecule has 4 bridgehead atoms. The molecule has 0 amide bonds. The molecule has 6 rings (SSSR count). The molecule has 3 heteroatoms. The largest absolute Gasteiger partial charge is 0.349 e. The lowest BCUT2D eigenvalue weighted by molar-refractivity contribution is -0.464. The van der Waals surface area contributed by atoms with Crippen molar-refractivity contribution in [1.82, 2.24) is 0 Å². The summed E-state index contributed by atoms with van der Waals surface area (Å²) in [6, 6.07) is 0. The maximum absolute atomic E-state index is 5.93. The van der Waals surface area contributed by atoms with E-state index in [9.17, 15) is 0 Å². The Hall–Kier alpha value is -0.120. The van der Waals surface area contributed by atoms with Gasteiger partial charge in [0, 0.05) is 5.41 Å². The van der Waals surface area contributed by atoms with Crippen molar-refractivity contribution in [2.24, 2.45) is 35.0 Å². The third kappa shape index (κ3) is 2.12. The van der Waals surface area contributed by atoms with Crippen molar-refractivity contribution in [1.29, 1.82) is 0 Å². The summed E-state index contributed by atoms with van der Waals surface area (Å²) in [6.45, 7) is 5.43. The molecule has 1 unspecified atom stereocenters. The van der Waals surface area contributed by atoms with E-state index < -0.39 is 0 Å². The van der Waals surface area contributed by atoms with Gasteiger partial charge < -0.3 is 4.74 Å². The van der Waals surface area contributed by atoms with Crippen LogP contribution >= 0.6 is 0 Å². The predicted molar refractivity (Wildman–Crippen MR) is 82.8 cm³/mol. The lowest BCUT2D eigenvalue weighted by Gasteiger charge is -2.56. The van der Waals surface area contributed by atoms with Crippen LogP contribution in [0.1, 0.15) is 65.2 Å². The minimum Gasteiger partial charge on any atom is -0.349 e. The van der Waals surface area contributed by atoms with E-state index in [0.29, 0.717) is 0 Å². The normalized spacial score (nSPS) is 59.7. The van der Waals surface area contributed by atoms with Gasteiger partial charge in [0.1, 0.15) is 5.60 Å². The molecule has 4 saturated carbocycles. The molecule has 0 aromatic carbocycles. The highest BCUT2D eigenvalue weighted by Crippen LogP contribution is 2.59. The smallest absolute Gasteiger partial charge is 0.196 e. The van der Waals surface area contributed by atoms with Gasteiger partial charge in [-0.05, 0) is 87.9 Å². The maximum Gasteiger partial charge on any atom is 0.196 e. The highest BCUT2D eigenvalue weighted by atomic mass is 17.2. The first-order valence-electron chi connectivity index (χ1n) is 9.49. The van der Waals surface area contributed by atoms with Crippen LogP contribution in [0.3, 0.4) is 0 Å². The van der Waals surface area contributed by atoms with E-state index in [1.165, 1.54) is 38.5 Å². The highest BCUT2D eigenvalue weighted by molar-refractivity contribution is 5.01. The molecule has 3 nitrogen and oxygen atoms in total. The predicted octanol–water partition coefficient (Wildman–Crippen LogP) is 4.31. The molecular weight excluding hydrogens is 276 g/mol. The SMILES string of the molecule is CC1(CC2C3CC4CC(C3)CC2C4)C[C@]2(C)CCO[C@@H]2OO1. The van der Waals surface area contributed by atoms with Crippen LogP contribution in [0.4, 0.5) is 0 Å². The summed E-state index contributed by atoms with van der Waals surface area (Å²) in [5.41, 5.74) is 0.0396. The topological polar surface area (TPSA) is 27.7 Å². The Morgan fingerprint density at radius 3 is 2.32 bits per heavy atom. The molecule has 124 valence electrons. The van der Waals surface area contributed by atoms with E-state index in [1.54, 1.807) is 0 Å². The molecule has 6 fully saturated rings. The average molecular weight is 306 g/mol. The second-order valence-electron chi connectivity index (χ2n) is 9.71. The summed E-state index contributed by atoms with van der Waals surface area (Å²) in [7, 11) is 0. The molecule has 2 aliphatic heterocycles. The summed E-state index contributed by atoms with van der Waals surface area (Å²) >= 11 is 0. The van der Waals surface area contributed by atoms with Crippen molar-refractivity contribution in [2.45, 2.75) is 77.1 Å². The lowest BCUT2D eigenvalue weighted by atomic mass is 9.50. The van der Waals surface area contributed by atoms with Crippen LogP contribution in [0.15, 0.2) is 0 Å². The van der Waals surface area contributed by atoms with Crippen molar-refractivity contribution in [3.63, 3.8) is 0 Å². The van der Waals surface area contributed by atoms with Crippen LogP contribution in [0.5, 0.6) is 0 Å². The molecule has 3 atom stereocenters. The minimum atomic E-state index is -0.140. The molecule has 6 aliphatic rings. The van der Waals surface area contributed by atoms with Crippen molar-refractivity contribution in [3.05, 3.63) is 0 Å². The van der Waals surface area contributed by atoms with E-state index in [1.807, 2.05) is 0 Å². The fourth-order valence-electron chi connectivity index (χ4n) is 7.05. The van der Waals surface area contributed by atoms with E-state index in [2.05, 4.69) is 13.8 Å². The van der Waals surface area contributed by atoms with Crippen molar-refractivity contribution in [3.8, 4) is 0 Å². The maximum atomic E-state index is 5.93. The van der Waals surface area contributed by atoms with Gasteiger partial charge in [-0.15, -0.1) is 0 Å². The number of hydrogen-bond acceptors (Lipinski definition) is 3. The van der Waals surface area contributed by atoms with Gasteiger partial charge in [0.25, 0.3) is 0 Å². The van der Waals surface area contributed by atoms with E-state index in [-0.39, 0.29) is 17.3 Å². The molecule has 22 heavy (non-hydrogen) atoms. The zero-order chi connectivity index (χ0) is 14.9. The van der Waals surface area contributed by atoms with Crippen LogP contribution in [-0.2, 0) is 14.5 Å². The van der Waals surface area contributed by atoms with Crippen LogP contribution in [0, 0.1) is 35.0 Å². The Kier molecular flexibility index (Phi) is 3.05. The Bertz CT molecular complexity index is 436.